The van der Waals surface area contributed by atoms with Crippen LogP contribution in [0.25, 0.3) is 0 Å². The number of benzene rings is 2. The van der Waals surface area contributed by atoms with Crippen molar-refractivity contribution in [2.75, 3.05) is 67.7 Å². The summed E-state index contributed by atoms with van der Waals surface area (Å²) in [7, 11) is 9.67. The molecule has 0 N–H and O–H groups in total. The third-order valence-electron chi connectivity index (χ3n) is 20.3. The van der Waals surface area contributed by atoms with E-state index in [2.05, 4.69) is 92.3 Å². The van der Waals surface area contributed by atoms with E-state index in [1.165, 1.54) is 377 Å². The van der Waals surface area contributed by atoms with E-state index in [1.54, 1.807) is 0 Å². The lowest BCUT2D eigenvalue weighted by atomic mass is 10.0. The molecule has 0 saturated heterocycles. The lowest BCUT2D eigenvalue weighted by molar-refractivity contribution is -0.905. The molecule has 0 amide bonds. The van der Waals surface area contributed by atoms with Crippen LogP contribution in [0, 0.1) is 0 Å². The summed E-state index contributed by atoms with van der Waals surface area (Å²) in [6.07, 6.45) is 80.7. The number of quaternary nitrogens is 2. The molecule has 0 radical (unpaired) electrons. The van der Waals surface area contributed by atoms with Gasteiger partial charge in [0.1, 0.15) is 13.1 Å². The largest absolute Gasteiger partial charge is 0.490 e. The predicted octanol–water partition coefficient (Wildman–Crippen LogP) is 28.2. The highest BCUT2D eigenvalue weighted by atomic mass is 16.5. The Kier molecular flexibility index (Phi) is 59.9. The Hall–Kier alpha value is -2.44. The zero-order valence-corrected chi connectivity index (χ0v) is 64.4. The molecule has 93 heavy (non-hydrogen) atoms. The molecule has 0 fully saturated rings. The fourth-order valence-corrected chi connectivity index (χ4v) is 14.1. The summed E-state index contributed by atoms with van der Waals surface area (Å²) in [6, 6.07) is 13.7. The van der Waals surface area contributed by atoms with E-state index in [4.69, 9.17) is 18.9 Å². The summed E-state index contributed by atoms with van der Waals surface area (Å²) in [6.45, 7) is 16.7. The first-order valence-electron chi connectivity index (χ1n) is 42.0. The van der Waals surface area contributed by atoms with Crippen molar-refractivity contribution in [1.29, 1.82) is 0 Å². The average molecular weight is 1300 g/mol. The minimum absolute atomic E-state index is 0.775. The Morgan fingerprint density at radius 1 is 0.204 bits per heavy atom. The number of ether oxygens (including phenoxy) is 4. The molecule has 544 valence electrons. The quantitative estimate of drug-likeness (QED) is 0.0489. The van der Waals surface area contributed by atoms with Gasteiger partial charge in [-0.2, -0.15) is 0 Å². The Morgan fingerprint density at radius 2 is 0.376 bits per heavy atom. The van der Waals surface area contributed by atoms with Crippen LogP contribution in [0.5, 0.6) is 23.0 Å². The third-order valence-corrected chi connectivity index (χ3v) is 20.3. The van der Waals surface area contributed by atoms with Gasteiger partial charge in [0, 0.05) is 11.1 Å². The van der Waals surface area contributed by atoms with Crippen LogP contribution in [0.2, 0.25) is 0 Å². The molecular formula is C87H164N2O4+2. The maximum Gasteiger partial charge on any atom is 0.161 e. The van der Waals surface area contributed by atoms with Crippen molar-refractivity contribution in [3.05, 3.63) is 47.5 Å². The van der Waals surface area contributed by atoms with Gasteiger partial charge in [0.25, 0.3) is 0 Å². The molecule has 0 atom stereocenters. The number of rotatable bonds is 74. The maximum absolute atomic E-state index is 6.63. The highest BCUT2D eigenvalue weighted by Gasteiger charge is 2.21. The van der Waals surface area contributed by atoms with E-state index in [9.17, 15) is 0 Å². The molecule has 0 aromatic heterocycles. The van der Waals surface area contributed by atoms with Gasteiger partial charge in [-0.1, -0.05) is 362 Å². The van der Waals surface area contributed by atoms with Gasteiger partial charge >= 0.3 is 0 Å². The van der Waals surface area contributed by atoms with E-state index in [0.29, 0.717) is 0 Å². The molecule has 6 nitrogen and oxygen atoms in total. The van der Waals surface area contributed by atoms with Crippen molar-refractivity contribution in [1.82, 2.24) is 0 Å². The summed E-state index contributed by atoms with van der Waals surface area (Å²) < 4.78 is 28.3. The fraction of sp³-hybridized carbons (Fsp3) is 0.862. The molecule has 0 saturated carbocycles. The summed E-state index contributed by atoms with van der Waals surface area (Å²) in [4.78, 5) is 0. The van der Waals surface area contributed by atoms with Crippen LogP contribution in [0.3, 0.4) is 0 Å². The van der Waals surface area contributed by atoms with Crippen molar-refractivity contribution < 1.29 is 27.9 Å². The Labute approximate surface area is 582 Å². The molecule has 2 aromatic rings. The first-order valence-corrected chi connectivity index (χ1v) is 42.0. The monoisotopic (exact) mass is 1300 g/mol. The number of unbranched alkanes of at least 4 members (excludes halogenated alkanes) is 54. The van der Waals surface area contributed by atoms with E-state index in [-0.39, 0.29) is 0 Å². The second-order valence-corrected chi connectivity index (χ2v) is 31.0. The summed E-state index contributed by atoms with van der Waals surface area (Å²) >= 11 is 0. The second kappa shape index (κ2) is 64.2. The smallest absolute Gasteiger partial charge is 0.161 e. The molecule has 2 aromatic carbocycles. The van der Waals surface area contributed by atoms with Crippen LogP contribution < -0.4 is 18.9 Å². The van der Waals surface area contributed by atoms with Gasteiger partial charge in [0.2, 0.25) is 0 Å². The normalized spacial score (nSPS) is 12.0. The topological polar surface area (TPSA) is 36.9 Å². The van der Waals surface area contributed by atoms with Crippen molar-refractivity contribution in [3.8, 4) is 23.0 Å². The molecule has 2 rings (SSSR count). The van der Waals surface area contributed by atoms with Crippen LogP contribution in [0.15, 0.2) is 36.4 Å². The molecular weight excluding hydrogens is 1140 g/mol. The van der Waals surface area contributed by atoms with Gasteiger partial charge < -0.3 is 27.9 Å². The lowest BCUT2D eigenvalue weighted by Gasteiger charge is -2.31. The summed E-state index contributed by atoms with van der Waals surface area (Å²) in [5, 5.41) is 0. The lowest BCUT2D eigenvalue weighted by Crippen LogP contribution is -2.40. The van der Waals surface area contributed by atoms with Crippen LogP contribution in [-0.2, 0) is 13.1 Å². The number of nitrogens with zero attached hydrogens (tertiary/aromatic N) is 2. The van der Waals surface area contributed by atoms with Crippen molar-refractivity contribution in [3.63, 3.8) is 0 Å². The van der Waals surface area contributed by atoms with E-state index >= 15 is 0 Å². The van der Waals surface area contributed by atoms with E-state index < -0.39 is 0 Å². The van der Waals surface area contributed by atoms with Crippen molar-refractivity contribution >= 4 is 0 Å². The SMILES string of the molecule is CCCCCCCCCCCCCCCCOc1ccc(C[N+](C)(C)CCCCC[N+](C)(C)Cc2ccc(OCCCCCCCCCCCCCCCC)c(OCCCCCCCCCCCCCCCC)c2)cc1OCCCCCCCCCCCCCCCC. The van der Waals surface area contributed by atoms with Crippen LogP contribution in [-0.4, -0.2) is 76.7 Å². The molecule has 0 aliphatic carbocycles. The minimum Gasteiger partial charge on any atom is -0.490 e. The average Bonchev–Trinajstić information content (AvgIpc) is 1.11. The van der Waals surface area contributed by atoms with E-state index in [0.717, 1.165) is 97.2 Å². The van der Waals surface area contributed by atoms with Crippen LogP contribution >= 0.6 is 0 Å². The van der Waals surface area contributed by atoms with Gasteiger partial charge in [0.15, 0.2) is 23.0 Å². The third kappa shape index (κ3) is 55.2. The predicted molar refractivity (Wildman–Crippen MR) is 411 cm³/mol. The molecule has 0 spiro atoms. The standard InChI is InChI=1S/C87H164N2O4/c1-9-13-17-21-25-29-33-37-41-45-49-53-57-64-74-90-84-70-68-82(78-86(84)92-76-66-59-55-51-47-43-39-35-31-27-23-19-15-11-3)80-88(5,6)72-62-61-63-73-89(7,8)81-83-69-71-85(91-75-65-58-54-50-46-42-38-34-30-26-22-18-14-10-2)87(79-83)93-77-67-60-56-52-48-44-40-36-32-28-24-20-16-12-4/h68-71,78-79H,9-67,72-77,80-81H2,1-8H3/q+2. The van der Waals surface area contributed by atoms with Gasteiger partial charge in [-0.25, -0.2) is 0 Å². The Morgan fingerprint density at radius 3 is 0.581 bits per heavy atom. The molecule has 6 heteroatoms. The van der Waals surface area contributed by atoms with Crippen molar-refractivity contribution in [2.45, 2.75) is 420 Å². The maximum atomic E-state index is 6.63. The highest BCUT2D eigenvalue weighted by Crippen LogP contribution is 2.33. The Balaban J connectivity index is 1.88. The number of hydrogen-bond donors (Lipinski definition) is 0. The van der Waals surface area contributed by atoms with Crippen LogP contribution in [0.4, 0.5) is 0 Å². The second-order valence-electron chi connectivity index (χ2n) is 31.0. The first kappa shape index (κ1) is 86.6. The van der Waals surface area contributed by atoms with Crippen molar-refractivity contribution in [2.24, 2.45) is 0 Å². The fourth-order valence-electron chi connectivity index (χ4n) is 14.1. The minimum atomic E-state index is 0.775. The van der Waals surface area contributed by atoms with Gasteiger partial charge in [0.05, 0.1) is 67.7 Å². The molecule has 0 aliphatic heterocycles. The summed E-state index contributed by atoms with van der Waals surface area (Å²) in [5.74, 6) is 3.79. The van der Waals surface area contributed by atoms with Crippen LogP contribution in [0.1, 0.15) is 418 Å². The number of hydrogen-bond acceptors (Lipinski definition) is 4. The zero-order valence-electron chi connectivity index (χ0n) is 64.4. The van der Waals surface area contributed by atoms with E-state index in [1.807, 2.05) is 0 Å². The molecule has 0 aliphatic rings. The highest BCUT2D eigenvalue weighted by molar-refractivity contribution is 5.43. The molecule has 0 unspecified atom stereocenters. The molecule has 0 heterocycles. The van der Waals surface area contributed by atoms with Gasteiger partial charge in [-0.3, -0.25) is 0 Å². The van der Waals surface area contributed by atoms with Gasteiger partial charge in [-0.05, 0) is 81.3 Å². The zero-order chi connectivity index (χ0) is 66.9. The first-order chi connectivity index (χ1) is 45.6. The summed E-state index contributed by atoms with van der Waals surface area (Å²) in [5.41, 5.74) is 2.71. The molecule has 0 bridgehead atoms. The Bertz CT molecular complexity index is 1730. The van der Waals surface area contributed by atoms with Gasteiger partial charge in [-0.15, -0.1) is 0 Å².